The third kappa shape index (κ3) is 10.1. The first-order valence-corrected chi connectivity index (χ1v) is 19.5. The lowest BCUT2D eigenvalue weighted by atomic mass is 10.1. The number of methoxy groups -OCH3 is 1. The van der Waals surface area contributed by atoms with Gasteiger partial charge in [-0.2, -0.15) is 13.2 Å². The topological polar surface area (TPSA) is 180 Å². The van der Waals surface area contributed by atoms with E-state index in [2.05, 4.69) is 40.8 Å². The van der Waals surface area contributed by atoms with Gasteiger partial charge >= 0.3 is 6.18 Å². The number of carbonyl (C=O) groups is 2. The highest BCUT2D eigenvalue weighted by atomic mass is 32.1. The Balaban J connectivity index is 0.000000187. The molecule has 22 heteroatoms. The molecule has 6 heterocycles. The third-order valence-electron chi connectivity index (χ3n) is 9.40. The average Bonchev–Trinajstić information content (AvgIpc) is 3.91. The van der Waals surface area contributed by atoms with Gasteiger partial charge in [-0.3, -0.25) is 9.59 Å². The van der Waals surface area contributed by atoms with Gasteiger partial charge in [0.05, 0.1) is 25.8 Å². The number of nitrogens with zero attached hydrogens (tertiary/aromatic N) is 10. The molecule has 8 rings (SSSR count). The molecule has 0 radical (unpaired) electrons. The molecule has 6 aromatic rings. The van der Waals surface area contributed by atoms with E-state index in [0.29, 0.717) is 45.2 Å². The largest absolute Gasteiger partial charge is 0.497 e. The molecule has 0 aliphatic carbocycles. The van der Waals surface area contributed by atoms with Crippen molar-refractivity contribution in [3.05, 3.63) is 126 Å². The second-order valence-electron chi connectivity index (χ2n) is 13.7. The zero-order chi connectivity index (χ0) is 44.0. The highest BCUT2D eigenvalue weighted by molar-refractivity contribution is 7.81. The van der Waals surface area contributed by atoms with Crippen molar-refractivity contribution in [2.75, 3.05) is 44.2 Å². The van der Waals surface area contributed by atoms with Crippen LogP contribution in [0.25, 0.3) is 0 Å². The monoisotopic (exact) mass is 886 g/mol. The number of pyridine rings is 2. The Morgan fingerprint density at radius 2 is 1.23 bits per heavy atom. The van der Waals surface area contributed by atoms with Crippen molar-refractivity contribution in [3.63, 3.8) is 0 Å². The minimum Gasteiger partial charge on any atom is -0.497 e. The molecule has 62 heavy (non-hydrogen) atoms. The standard InChI is InChI=1S/C20H17F3N6O2S.C20H20N6O3S/c1-28-17-15(3-2-8-24-17)31-10-14(19(28)32)26-18(30)16-25-11-29(27-16)9-12-4-6-13(7-5-12)20(21,22)23;1-25-18-16(7-4-8-21-18)29-11-15(20(25)30)23-19(27)17-22-12-26(24-17)10-13-5-3-6-14(9-13)28-2/h2-8,11,14H,9-10H2,1H3,(H,26,30);3-9,12,15H,10-11H2,1-2H3,(H,23,27)/t14-;15-/m00/s1. The van der Waals surface area contributed by atoms with Crippen molar-refractivity contribution in [1.82, 2.24) is 50.1 Å². The molecule has 0 fully saturated rings. The zero-order valence-corrected chi connectivity index (χ0v) is 34.8. The van der Waals surface area contributed by atoms with Crippen molar-refractivity contribution in [3.8, 4) is 17.2 Å². The van der Waals surface area contributed by atoms with Gasteiger partial charge < -0.3 is 34.6 Å². The SMILES string of the molecule is CN1C(=S)[C@@H](NC(=O)c2ncn(Cc3ccc(C(F)(F)F)cc3)n2)COc2cccnc21.COc1cccc(Cn2cnc(C(=O)N[C@H]3COc4cccnc4N(C)C3=S)n2)c1. The quantitative estimate of drug-likeness (QED) is 0.195. The number of benzene rings is 2. The van der Waals surface area contributed by atoms with E-state index in [1.54, 1.807) is 66.3 Å². The number of thiocarbonyl (C=S) groups is 2. The number of aromatic nitrogens is 8. The van der Waals surface area contributed by atoms with Crippen LogP contribution in [0.4, 0.5) is 24.8 Å². The number of anilines is 2. The number of nitrogens with one attached hydrogen (secondary N) is 2. The Hall–Kier alpha value is -7.07. The highest BCUT2D eigenvalue weighted by Crippen LogP contribution is 2.30. The van der Waals surface area contributed by atoms with E-state index in [0.717, 1.165) is 23.4 Å². The Bertz CT molecular complexity index is 2590. The average molecular weight is 887 g/mol. The van der Waals surface area contributed by atoms with E-state index in [4.69, 9.17) is 38.6 Å². The second kappa shape index (κ2) is 18.7. The fraction of sp³-hybridized carbons (Fsp3) is 0.250. The van der Waals surface area contributed by atoms with Gasteiger partial charge in [-0.25, -0.2) is 29.3 Å². The van der Waals surface area contributed by atoms with Crippen LogP contribution < -0.4 is 34.6 Å². The number of likely N-dealkylation sites (N-methyl/N-ethyl adjacent to an activating group) is 2. The van der Waals surface area contributed by atoms with Crippen molar-refractivity contribution < 1.29 is 37.0 Å². The Kier molecular flexibility index (Phi) is 13.0. The number of amides is 2. The van der Waals surface area contributed by atoms with E-state index in [1.165, 1.54) is 29.5 Å². The number of halogens is 3. The predicted molar refractivity (Wildman–Crippen MR) is 227 cm³/mol. The summed E-state index contributed by atoms with van der Waals surface area (Å²) in [4.78, 5) is 46.3. The van der Waals surface area contributed by atoms with Crippen LogP contribution in [0, 0.1) is 0 Å². The lowest BCUT2D eigenvalue weighted by Crippen LogP contribution is -2.48. The number of rotatable bonds is 9. The molecular formula is C40H37F3N12O5S2. The molecule has 2 amide bonds. The molecule has 4 aromatic heterocycles. The van der Waals surface area contributed by atoms with Crippen molar-refractivity contribution >= 4 is 57.9 Å². The summed E-state index contributed by atoms with van der Waals surface area (Å²) in [5.41, 5.74) is 0.834. The highest BCUT2D eigenvalue weighted by Gasteiger charge is 2.32. The van der Waals surface area contributed by atoms with Crippen molar-refractivity contribution in [1.29, 1.82) is 0 Å². The van der Waals surface area contributed by atoms with Crippen LogP contribution in [0.3, 0.4) is 0 Å². The Labute approximate surface area is 362 Å². The second-order valence-corrected chi connectivity index (χ2v) is 14.5. The normalized spacial score (nSPS) is 16.0. The van der Waals surface area contributed by atoms with Crippen LogP contribution in [-0.2, 0) is 19.3 Å². The Morgan fingerprint density at radius 1 is 0.726 bits per heavy atom. The van der Waals surface area contributed by atoms with Crippen LogP contribution in [0.1, 0.15) is 37.9 Å². The minimum absolute atomic E-state index is 0.0586. The molecule has 2 aliphatic heterocycles. The lowest BCUT2D eigenvalue weighted by molar-refractivity contribution is -0.137. The van der Waals surface area contributed by atoms with Crippen LogP contribution in [0.5, 0.6) is 17.2 Å². The number of fused-ring (bicyclic) bond motifs is 2. The van der Waals surface area contributed by atoms with E-state index >= 15 is 0 Å². The van der Waals surface area contributed by atoms with Gasteiger partial charge in [-0.1, -0.05) is 48.7 Å². The van der Waals surface area contributed by atoms with Crippen LogP contribution in [0.15, 0.2) is 97.8 Å². The molecule has 17 nitrogen and oxygen atoms in total. The number of hydrogen-bond donors (Lipinski definition) is 2. The predicted octanol–water partition coefficient (Wildman–Crippen LogP) is 4.38. The number of alkyl halides is 3. The van der Waals surface area contributed by atoms with Gasteiger partial charge in [0, 0.05) is 26.5 Å². The smallest absolute Gasteiger partial charge is 0.416 e. The van der Waals surface area contributed by atoms with Gasteiger partial charge in [0.15, 0.2) is 23.1 Å². The fourth-order valence-corrected chi connectivity index (χ4v) is 6.63. The summed E-state index contributed by atoms with van der Waals surface area (Å²) in [5.74, 6) is 2.06. The van der Waals surface area contributed by atoms with Crippen molar-refractivity contribution in [2.24, 2.45) is 0 Å². The molecule has 0 saturated carbocycles. The molecule has 2 aromatic carbocycles. The molecule has 2 aliphatic rings. The van der Waals surface area contributed by atoms with Crippen LogP contribution in [-0.4, -0.2) is 108 Å². The maximum Gasteiger partial charge on any atom is 0.416 e. The third-order valence-corrected chi connectivity index (χ3v) is 10.5. The number of carbonyl (C=O) groups excluding carboxylic acids is 2. The summed E-state index contributed by atoms with van der Waals surface area (Å²) in [6.07, 6.45) is 1.74. The fourth-order valence-electron chi connectivity index (χ4n) is 6.20. The summed E-state index contributed by atoms with van der Waals surface area (Å²) in [6, 6.07) is 18.3. The lowest BCUT2D eigenvalue weighted by Gasteiger charge is -2.22. The number of hydrogen-bond acceptors (Lipinski definition) is 13. The molecular weight excluding hydrogens is 850 g/mol. The molecule has 0 bridgehead atoms. The van der Waals surface area contributed by atoms with Gasteiger partial charge in [0.1, 0.15) is 53.7 Å². The van der Waals surface area contributed by atoms with Gasteiger partial charge in [-0.05, 0) is 59.7 Å². The van der Waals surface area contributed by atoms with Crippen molar-refractivity contribution in [2.45, 2.75) is 31.3 Å². The molecule has 0 spiro atoms. The summed E-state index contributed by atoms with van der Waals surface area (Å²) in [5, 5.41) is 14.0. The van der Waals surface area contributed by atoms with E-state index in [1.807, 2.05) is 30.3 Å². The number of ether oxygens (including phenoxy) is 3. The summed E-state index contributed by atoms with van der Waals surface area (Å²) in [6.45, 7) is 0.928. The van der Waals surface area contributed by atoms with Crippen LogP contribution >= 0.6 is 24.4 Å². The van der Waals surface area contributed by atoms with Gasteiger partial charge in [0.2, 0.25) is 11.6 Å². The molecule has 2 N–H and O–H groups in total. The first-order chi connectivity index (χ1) is 29.8. The van der Waals surface area contributed by atoms with E-state index in [9.17, 15) is 22.8 Å². The molecule has 320 valence electrons. The van der Waals surface area contributed by atoms with Gasteiger partial charge in [0.25, 0.3) is 11.8 Å². The first-order valence-electron chi connectivity index (χ1n) is 18.7. The summed E-state index contributed by atoms with van der Waals surface area (Å²) < 4.78 is 57.8. The van der Waals surface area contributed by atoms with Gasteiger partial charge in [-0.15, -0.1) is 10.2 Å². The first kappa shape index (κ1) is 43.0. The molecule has 0 saturated heterocycles. The molecule has 0 unspecified atom stereocenters. The maximum atomic E-state index is 12.7. The summed E-state index contributed by atoms with van der Waals surface area (Å²) >= 11 is 11.0. The van der Waals surface area contributed by atoms with E-state index in [-0.39, 0.29) is 31.4 Å². The van der Waals surface area contributed by atoms with E-state index < -0.39 is 35.6 Å². The minimum atomic E-state index is -4.40. The molecule has 2 atom stereocenters. The van der Waals surface area contributed by atoms with Crippen LogP contribution in [0.2, 0.25) is 0 Å². The Morgan fingerprint density at radius 3 is 1.71 bits per heavy atom. The summed E-state index contributed by atoms with van der Waals surface area (Å²) in [7, 11) is 5.15. The zero-order valence-electron chi connectivity index (χ0n) is 33.2. The maximum absolute atomic E-state index is 12.7.